The number of hydrogen-bond donors (Lipinski definition) is 1. The van der Waals surface area contributed by atoms with Crippen LogP contribution in [-0.4, -0.2) is 30.4 Å². The van der Waals surface area contributed by atoms with E-state index in [-0.39, 0.29) is 6.42 Å². The summed E-state index contributed by atoms with van der Waals surface area (Å²) in [5.74, 6) is -1.86. The van der Waals surface area contributed by atoms with Crippen LogP contribution in [0.25, 0.3) is 0 Å². The van der Waals surface area contributed by atoms with Gasteiger partial charge in [0.05, 0.1) is 0 Å². The van der Waals surface area contributed by atoms with Crippen molar-refractivity contribution in [2.24, 2.45) is 5.92 Å². The van der Waals surface area contributed by atoms with Crippen molar-refractivity contribution < 1.29 is 44.0 Å². The summed E-state index contributed by atoms with van der Waals surface area (Å²) in [6.45, 7) is 1.89. The first-order chi connectivity index (χ1) is 7.69. The van der Waals surface area contributed by atoms with Crippen LogP contribution in [0.5, 0.6) is 0 Å². The zero-order valence-corrected chi connectivity index (χ0v) is 9.95. The molecule has 0 aromatic carbocycles. The van der Waals surface area contributed by atoms with Crippen LogP contribution in [0.3, 0.4) is 0 Å². The first-order valence-corrected chi connectivity index (χ1v) is 5.93. The molecule has 4 nitrogen and oxygen atoms in total. The molecule has 0 radical (unpaired) electrons. The first kappa shape index (κ1) is 17.4. The predicted octanol–water partition coefficient (Wildman–Crippen LogP) is 2.72. The van der Waals surface area contributed by atoms with Gasteiger partial charge in [0.1, 0.15) is 0 Å². The molecule has 0 aliphatic heterocycles. The van der Waals surface area contributed by atoms with Crippen molar-refractivity contribution in [1.82, 2.24) is 0 Å². The smallest absolute Gasteiger partial charge is 0.281 e. The van der Waals surface area contributed by atoms with E-state index in [1.54, 1.807) is 0 Å². The molecule has 1 N–H and O–H groups in total. The van der Waals surface area contributed by atoms with Gasteiger partial charge in [-0.05, 0) is 6.42 Å². The lowest BCUT2D eigenvalue weighted by Crippen LogP contribution is -2.52. The molecule has 0 saturated carbocycles. The molecule has 18 heavy (non-hydrogen) atoms. The third kappa shape index (κ3) is 3.26. The molecule has 0 rings (SSSR count). The third-order valence-electron chi connectivity index (χ3n) is 2.11. The van der Waals surface area contributed by atoms with Crippen LogP contribution >= 0.6 is 0 Å². The molecule has 0 aliphatic rings. The number of alkyl halides is 6. The van der Waals surface area contributed by atoms with Gasteiger partial charge in [-0.3, -0.25) is 4.55 Å². The summed E-state index contributed by atoms with van der Waals surface area (Å²) in [6, 6.07) is 0. The van der Waals surface area contributed by atoms with Gasteiger partial charge in [-0.1, -0.05) is 13.8 Å². The second-order valence-corrected chi connectivity index (χ2v) is 4.94. The standard InChI is InChI=1S/C7H10F6O4S/c1-3-4(2)5(8,9)17-6(10,11)7(12,13)18(14,15)16/h4H,3H2,1-2H3,(H,14,15,16). The summed E-state index contributed by atoms with van der Waals surface area (Å²) in [7, 11) is -6.61. The maximum absolute atomic E-state index is 12.9. The Morgan fingerprint density at radius 3 is 1.83 bits per heavy atom. The zero-order valence-electron chi connectivity index (χ0n) is 9.13. The average Bonchev–Trinajstić information content (AvgIpc) is 2.12. The van der Waals surface area contributed by atoms with Crippen molar-refractivity contribution >= 4 is 10.1 Å². The van der Waals surface area contributed by atoms with E-state index in [0.29, 0.717) is 0 Å². The lowest BCUT2D eigenvalue weighted by molar-refractivity contribution is -0.425. The van der Waals surface area contributed by atoms with E-state index in [0.717, 1.165) is 13.8 Å². The van der Waals surface area contributed by atoms with E-state index in [9.17, 15) is 34.8 Å². The van der Waals surface area contributed by atoms with Gasteiger partial charge in [0.25, 0.3) is 0 Å². The van der Waals surface area contributed by atoms with Crippen molar-refractivity contribution in [1.29, 1.82) is 0 Å². The van der Waals surface area contributed by atoms with Gasteiger partial charge in [0, 0.05) is 5.92 Å². The topological polar surface area (TPSA) is 63.6 Å². The van der Waals surface area contributed by atoms with Gasteiger partial charge >= 0.3 is 27.6 Å². The van der Waals surface area contributed by atoms with E-state index in [1.807, 2.05) is 0 Å². The van der Waals surface area contributed by atoms with Crippen molar-refractivity contribution in [2.75, 3.05) is 0 Å². The lowest BCUT2D eigenvalue weighted by atomic mass is 10.1. The summed E-state index contributed by atoms with van der Waals surface area (Å²) in [5.41, 5.74) is 0. The summed E-state index contributed by atoms with van der Waals surface area (Å²) >= 11 is 0. The van der Waals surface area contributed by atoms with Crippen LogP contribution in [0.1, 0.15) is 20.3 Å². The predicted molar refractivity (Wildman–Crippen MR) is 46.9 cm³/mol. The Hall–Kier alpha value is -0.550. The maximum Gasteiger partial charge on any atom is 0.460 e. The molecule has 11 heteroatoms. The van der Waals surface area contributed by atoms with Crippen molar-refractivity contribution in [3.8, 4) is 0 Å². The lowest BCUT2D eigenvalue weighted by Gasteiger charge is -2.30. The van der Waals surface area contributed by atoms with Gasteiger partial charge in [-0.2, -0.15) is 34.8 Å². The monoisotopic (exact) mass is 304 g/mol. The molecule has 0 amide bonds. The minimum Gasteiger partial charge on any atom is -0.281 e. The molecule has 1 unspecified atom stereocenters. The molecular weight excluding hydrogens is 294 g/mol. The number of ether oxygens (including phenoxy) is 1. The van der Waals surface area contributed by atoms with Crippen molar-refractivity contribution in [3.63, 3.8) is 0 Å². The van der Waals surface area contributed by atoms with Crippen LogP contribution < -0.4 is 0 Å². The molecule has 0 bridgehead atoms. The molecule has 0 fully saturated rings. The second kappa shape index (κ2) is 4.85. The fraction of sp³-hybridized carbons (Fsp3) is 1.00. The fourth-order valence-electron chi connectivity index (χ4n) is 0.719. The third-order valence-corrected chi connectivity index (χ3v) is 3.00. The van der Waals surface area contributed by atoms with E-state index in [1.165, 1.54) is 0 Å². The van der Waals surface area contributed by atoms with Crippen LogP contribution in [0, 0.1) is 5.92 Å². The normalized spacial score (nSPS) is 16.7. The van der Waals surface area contributed by atoms with Gasteiger partial charge < -0.3 is 0 Å². The Kier molecular flexibility index (Phi) is 4.70. The van der Waals surface area contributed by atoms with Crippen LogP contribution in [0.4, 0.5) is 26.3 Å². The van der Waals surface area contributed by atoms with Gasteiger partial charge in [-0.25, -0.2) is 4.74 Å². The first-order valence-electron chi connectivity index (χ1n) is 4.49. The van der Waals surface area contributed by atoms with Crippen LogP contribution in [0.15, 0.2) is 0 Å². The average molecular weight is 304 g/mol. The number of halogens is 6. The molecule has 0 spiro atoms. The summed E-state index contributed by atoms with van der Waals surface area (Å²) in [4.78, 5) is 0. The highest BCUT2D eigenvalue weighted by atomic mass is 32.2. The summed E-state index contributed by atoms with van der Waals surface area (Å²) < 4.78 is 107. The maximum atomic E-state index is 12.9. The molecular formula is C7H10F6O4S. The Labute approximate surface area is 98.7 Å². The largest absolute Gasteiger partial charge is 0.460 e. The van der Waals surface area contributed by atoms with E-state index in [2.05, 4.69) is 4.74 Å². The summed E-state index contributed by atoms with van der Waals surface area (Å²) in [5, 5.41) is -6.18. The summed E-state index contributed by atoms with van der Waals surface area (Å²) in [6.07, 6.45) is -11.2. The van der Waals surface area contributed by atoms with Crippen molar-refractivity contribution in [2.45, 2.75) is 37.7 Å². The highest BCUT2D eigenvalue weighted by Gasteiger charge is 2.70. The SMILES string of the molecule is CCC(C)C(F)(F)OC(F)(F)C(F)(F)S(=O)(=O)O. The van der Waals surface area contributed by atoms with Gasteiger partial charge in [0.15, 0.2) is 0 Å². The van der Waals surface area contributed by atoms with Crippen molar-refractivity contribution in [3.05, 3.63) is 0 Å². The number of rotatable bonds is 6. The molecule has 0 aromatic rings. The minimum absolute atomic E-state index is 0.388. The van der Waals surface area contributed by atoms with Crippen LogP contribution in [0.2, 0.25) is 0 Å². The highest BCUT2D eigenvalue weighted by Crippen LogP contribution is 2.44. The van der Waals surface area contributed by atoms with Crippen LogP contribution in [-0.2, 0) is 14.9 Å². The molecule has 0 saturated heterocycles. The molecule has 1 atom stereocenters. The van der Waals surface area contributed by atoms with E-state index in [4.69, 9.17) is 4.55 Å². The second-order valence-electron chi connectivity index (χ2n) is 3.48. The number of hydrogen-bond acceptors (Lipinski definition) is 3. The fourth-order valence-corrected chi connectivity index (χ4v) is 1.06. The quantitative estimate of drug-likeness (QED) is 0.605. The highest BCUT2D eigenvalue weighted by molar-refractivity contribution is 7.86. The Morgan fingerprint density at radius 2 is 1.56 bits per heavy atom. The van der Waals surface area contributed by atoms with E-state index < -0.39 is 33.5 Å². The Bertz CT molecular complexity index is 393. The van der Waals surface area contributed by atoms with Gasteiger partial charge in [-0.15, -0.1) is 0 Å². The zero-order chi connectivity index (χ0) is 15.0. The Balaban J connectivity index is 5.32. The minimum atomic E-state index is -6.61. The molecule has 0 heterocycles. The molecule has 110 valence electrons. The Morgan fingerprint density at radius 1 is 1.17 bits per heavy atom. The molecule has 0 aromatic heterocycles. The van der Waals surface area contributed by atoms with E-state index >= 15 is 0 Å². The van der Waals surface area contributed by atoms with Gasteiger partial charge in [0.2, 0.25) is 0 Å². The molecule has 0 aliphatic carbocycles.